The number of nitrogens with one attached hydrogen (secondary N) is 2. The number of benzene rings is 2. The van der Waals surface area contributed by atoms with Gasteiger partial charge in [0, 0.05) is 29.7 Å². The van der Waals surface area contributed by atoms with E-state index in [1.54, 1.807) is 48.5 Å². The summed E-state index contributed by atoms with van der Waals surface area (Å²) < 4.78 is 18.9. The lowest BCUT2D eigenvalue weighted by Crippen LogP contribution is -2.35. The summed E-state index contributed by atoms with van der Waals surface area (Å²) in [7, 11) is 0. The Morgan fingerprint density at radius 3 is 2.68 bits per heavy atom. The Kier molecular flexibility index (Phi) is 8.06. The lowest BCUT2D eigenvalue weighted by Gasteiger charge is -2.11. The first-order chi connectivity index (χ1) is 15.0. The SMILES string of the molecule is Cc1cccc(C(=O)N/C(=C\c2ccco2)C(=O)NCCSCc2ccccc2F)c1. The molecule has 2 N–H and O–H groups in total. The van der Waals surface area contributed by atoms with Crippen molar-refractivity contribution in [2.24, 2.45) is 0 Å². The maximum atomic E-state index is 13.7. The number of carbonyl (C=O) groups excluding carboxylic acids is 2. The van der Waals surface area contributed by atoms with Crippen LogP contribution in [0.25, 0.3) is 6.08 Å². The molecule has 2 amide bonds. The Bertz CT molecular complexity index is 1060. The molecule has 0 atom stereocenters. The maximum absolute atomic E-state index is 13.7. The molecule has 1 aromatic heterocycles. The minimum absolute atomic E-state index is 0.0839. The van der Waals surface area contributed by atoms with Gasteiger partial charge in [0.1, 0.15) is 17.3 Å². The zero-order valence-electron chi connectivity index (χ0n) is 17.1. The van der Waals surface area contributed by atoms with Gasteiger partial charge in [-0.05, 0) is 42.8 Å². The smallest absolute Gasteiger partial charge is 0.267 e. The molecule has 5 nitrogen and oxygen atoms in total. The summed E-state index contributed by atoms with van der Waals surface area (Å²) in [5.74, 6) is 0.515. The van der Waals surface area contributed by atoms with Crippen LogP contribution in [0.2, 0.25) is 0 Å². The van der Waals surface area contributed by atoms with Gasteiger partial charge in [-0.1, -0.05) is 35.9 Å². The normalized spacial score (nSPS) is 11.2. The lowest BCUT2D eigenvalue weighted by molar-refractivity contribution is -0.117. The van der Waals surface area contributed by atoms with Crippen LogP contribution < -0.4 is 10.6 Å². The molecule has 1 heterocycles. The highest BCUT2D eigenvalue weighted by Gasteiger charge is 2.15. The highest BCUT2D eigenvalue weighted by atomic mass is 32.2. The fourth-order valence-corrected chi connectivity index (χ4v) is 3.63. The molecular formula is C24H23FN2O3S. The Hall–Kier alpha value is -3.32. The molecular weight excluding hydrogens is 415 g/mol. The number of furan rings is 1. The van der Waals surface area contributed by atoms with Crippen molar-refractivity contribution in [3.8, 4) is 0 Å². The van der Waals surface area contributed by atoms with Crippen LogP contribution >= 0.6 is 11.8 Å². The van der Waals surface area contributed by atoms with Crippen LogP contribution in [-0.2, 0) is 10.5 Å². The van der Waals surface area contributed by atoms with Gasteiger partial charge in [0.05, 0.1) is 6.26 Å². The second kappa shape index (κ2) is 11.2. The second-order valence-electron chi connectivity index (χ2n) is 6.80. The summed E-state index contributed by atoms with van der Waals surface area (Å²) in [6, 6.07) is 17.1. The average Bonchev–Trinajstić information content (AvgIpc) is 3.27. The highest BCUT2D eigenvalue weighted by molar-refractivity contribution is 7.98. The first-order valence-electron chi connectivity index (χ1n) is 9.75. The second-order valence-corrected chi connectivity index (χ2v) is 7.90. The van der Waals surface area contributed by atoms with E-state index in [4.69, 9.17) is 4.42 Å². The van der Waals surface area contributed by atoms with Crippen LogP contribution in [0.5, 0.6) is 0 Å². The van der Waals surface area contributed by atoms with Gasteiger partial charge in [0.2, 0.25) is 0 Å². The fraction of sp³-hybridized carbons (Fsp3) is 0.167. The summed E-state index contributed by atoms with van der Waals surface area (Å²) in [6.07, 6.45) is 2.97. The van der Waals surface area contributed by atoms with Gasteiger partial charge in [-0.15, -0.1) is 0 Å². The van der Waals surface area contributed by atoms with Crippen molar-refractivity contribution in [2.75, 3.05) is 12.3 Å². The van der Waals surface area contributed by atoms with E-state index in [1.807, 2.05) is 13.0 Å². The number of hydrogen-bond acceptors (Lipinski definition) is 4. The standard InChI is InChI=1S/C24H23FN2O3S/c1-17-6-4-8-18(14-17)23(28)27-22(15-20-9-5-12-30-20)24(29)26-11-13-31-16-19-7-2-3-10-21(19)25/h2-10,12,14-15H,11,13,16H2,1H3,(H,26,29)(H,27,28)/b22-15-. The topological polar surface area (TPSA) is 71.3 Å². The van der Waals surface area contributed by atoms with Crippen molar-refractivity contribution in [2.45, 2.75) is 12.7 Å². The molecule has 0 bridgehead atoms. The van der Waals surface area contributed by atoms with Gasteiger partial charge < -0.3 is 15.1 Å². The summed E-state index contributed by atoms with van der Waals surface area (Å²) in [4.78, 5) is 25.3. The van der Waals surface area contributed by atoms with E-state index < -0.39 is 5.91 Å². The number of rotatable bonds is 9. The van der Waals surface area contributed by atoms with E-state index in [0.29, 0.717) is 34.9 Å². The van der Waals surface area contributed by atoms with Gasteiger partial charge in [-0.25, -0.2) is 4.39 Å². The number of carbonyl (C=O) groups is 2. The molecule has 2 aromatic carbocycles. The van der Waals surface area contributed by atoms with E-state index in [0.717, 1.165) is 5.56 Å². The molecule has 160 valence electrons. The number of thioether (sulfide) groups is 1. The number of hydrogen-bond donors (Lipinski definition) is 2. The summed E-state index contributed by atoms with van der Waals surface area (Å²) in [5.41, 5.74) is 2.11. The van der Waals surface area contributed by atoms with E-state index in [9.17, 15) is 14.0 Å². The molecule has 3 aromatic rings. The van der Waals surface area contributed by atoms with Gasteiger partial charge in [0.15, 0.2) is 0 Å². The molecule has 7 heteroatoms. The third-order valence-electron chi connectivity index (χ3n) is 4.35. The fourth-order valence-electron chi connectivity index (χ4n) is 2.78. The van der Waals surface area contributed by atoms with Crippen molar-refractivity contribution in [3.05, 3.63) is 101 Å². The largest absolute Gasteiger partial charge is 0.465 e. The molecule has 0 aliphatic rings. The number of aryl methyl sites for hydroxylation is 1. The third-order valence-corrected chi connectivity index (χ3v) is 5.36. The predicted octanol–water partition coefficient (Wildman–Crippen LogP) is 4.55. The van der Waals surface area contributed by atoms with Crippen molar-refractivity contribution < 1.29 is 18.4 Å². The van der Waals surface area contributed by atoms with Crippen LogP contribution in [0, 0.1) is 12.7 Å². The Labute approximate surface area is 184 Å². The molecule has 0 aliphatic heterocycles. The third kappa shape index (κ3) is 6.86. The van der Waals surface area contributed by atoms with E-state index in [2.05, 4.69) is 10.6 Å². The van der Waals surface area contributed by atoms with Crippen molar-refractivity contribution in [3.63, 3.8) is 0 Å². The van der Waals surface area contributed by atoms with Crippen LogP contribution in [0.1, 0.15) is 27.2 Å². The minimum atomic E-state index is -0.427. The molecule has 0 aliphatic carbocycles. The van der Waals surface area contributed by atoms with Crippen molar-refractivity contribution >= 4 is 29.7 Å². The molecule has 0 spiro atoms. The maximum Gasteiger partial charge on any atom is 0.267 e. The van der Waals surface area contributed by atoms with Gasteiger partial charge in [-0.3, -0.25) is 9.59 Å². The summed E-state index contributed by atoms with van der Waals surface area (Å²) in [5, 5.41) is 5.45. The molecule has 0 unspecified atom stereocenters. The van der Waals surface area contributed by atoms with Crippen molar-refractivity contribution in [1.29, 1.82) is 0 Å². The summed E-state index contributed by atoms with van der Waals surface area (Å²) >= 11 is 1.51. The Morgan fingerprint density at radius 2 is 1.94 bits per heavy atom. The van der Waals surface area contributed by atoms with Crippen LogP contribution in [-0.4, -0.2) is 24.1 Å². The predicted molar refractivity (Wildman–Crippen MR) is 121 cm³/mol. The Morgan fingerprint density at radius 1 is 1.10 bits per heavy atom. The highest BCUT2D eigenvalue weighted by Crippen LogP contribution is 2.15. The van der Waals surface area contributed by atoms with Gasteiger partial charge >= 0.3 is 0 Å². The monoisotopic (exact) mass is 438 g/mol. The quantitative estimate of drug-likeness (QED) is 0.380. The van der Waals surface area contributed by atoms with E-state index in [-0.39, 0.29) is 17.4 Å². The zero-order chi connectivity index (χ0) is 22.1. The molecule has 0 saturated heterocycles. The van der Waals surface area contributed by atoms with Gasteiger partial charge in [-0.2, -0.15) is 11.8 Å². The van der Waals surface area contributed by atoms with Crippen molar-refractivity contribution in [1.82, 2.24) is 10.6 Å². The minimum Gasteiger partial charge on any atom is -0.465 e. The van der Waals surface area contributed by atoms with Crippen LogP contribution in [0.3, 0.4) is 0 Å². The zero-order valence-corrected chi connectivity index (χ0v) is 17.9. The van der Waals surface area contributed by atoms with Gasteiger partial charge in [0.25, 0.3) is 11.8 Å². The average molecular weight is 439 g/mol. The number of halogens is 1. The molecule has 3 rings (SSSR count). The first kappa shape index (κ1) is 22.4. The van der Waals surface area contributed by atoms with Crippen LogP contribution in [0.15, 0.2) is 77.0 Å². The lowest BCUT2D eigenvalue weighted by atomic mass is 10.1. The molecule has 0 fully saturated rings. The number of amides is 2. The van der Waals surface area contributed by atoms with E-state index in [1.165, 1.54) is 30.2 Å². The molecule has 31 heavy (non-hydrogen) atoms. The van der Waals surface area contributed by atoms with E-state index >= 15 is 0 Å². The molecule has 0 saturated carbocycles. The van der Waals surface area contributed by atoms with Crippen LogP contribution in [0.4, 0.5) is 4.39 Å². The Balaban J connectivity index is 1.58. The first-order valence-corrected chi connectivity index (χ1v) is 10.9. The molecule has 0 radical (unpaired) electrons. The summed E-state index contributed by atoms with van der Waals surface area (Å²) in [6.45, 7) is 2.26.